The second kappa shape index (κ2) is 8.44. The van der Waals surface area contributed by atoms with Gasteiger partial charge in [-0.05, 0) is 62.4 Å². The molecule has 0 aliphatic carbocycles. The van der Waals surface area contributed by atoms with Gasteiger partial charge in [0.2, 0.25) is 0 Å². The SMILES string of the molecule is Cc1csc(N(C(=O)c2ccc(-n3c(C)nc4ccccc4c3=O)cc2)c2ccccc2)n1. The third kappa shape index (κ3) is 3.83. The minimum absolute atomic E-state index is 0.138. The molecule has 0 spiro atoms. The van der Waals surface area contributed by atoms with E-state index in [1.54, 1.807) is 46.7 Å². The Morgan fingerprint density at radius 1 is 0.879 bits per heavy atom. The van der Waals surface area contributed by atoms with Crippen LogP contribution in [0.25, 0.3) is 16.6 Å². The quantitative estimate of drug-likeness (QED) is 0.364. The zero-order valence-corrected chi connectivity index (χ0v) is 18.9. The zero-order chi connectivity index (χ0) is 22.9. The molecule has 0 saturated carbocycles. The topological polar surface area (TPSA) is 68.1 Å². The molecule has 0 aliphatic heterocycles. The lowest BCUT2D eigenvalue weighted by Gasteiger charge is -2.20. The maximum Gasteiger partial charge on any atom is 0.265 e. The molecule has 0 radical (unpaired) electrons. The lowest BCUT2D eigenvalue weighted by Crippen LogP contribution is -2.26. The third-order valence-corrected chi connectivity index (χ3v) is 6.28. The van der Waals surface area contributed by atoms with E-state index in [-0.39, 0.29) is 11.5 Å². The summed E-state index contributed by atoms with van der Waals surface area (Å²) in [5.74, 6) is 0.393. The van der Waals surface area contributed by atoms with Crippen LogP contribution >= 0.6 is 11.3 Å². The molecular weight excluding hydrogens is 432 g/mol. The summed E-state index contributed by atoms with van der Waals surface area (Å²) in [6.07, 6.45) is 0. The van der Waals surface area contributed by atoms with E-state index in [9.17, 15) is 9.59 Å². The van der Waals surface area contributed by atoms with Crippen molar-refractivity contribution in [2.45, 2.75) is 13.8 Å². The molecule has 2 heterocycles. The van der Waals surface area contributed by atoms with Gasteiger partial charge in [0.1, 0.15) is 5.82 Å². The number of hydrogen-bond acceptors (Lipinski definition) is 5. The normalized spacial score (nSPS) is 11.0. The maximum atomic E-state index is 13.5. The van der Waals surface area contributed by atoms with E-state index in [0.717, 1.165) is 11.4 Å². The molecule has 0 aliphatic rings. The van der Waals surface area contributed by atoms with E-state index in [2.05, 4.69) is 9.97 Å². The number of aromatic nitrogens is 3. The van der Waals surface area contributed by atoms with E-state index in [1.807, 2.05) is 60.8 Å². The molecule has 0 fully saturated rings. The van der Waals surface area contributed by atoms with Gasteiger partial charge < -0.3 is 0 Å². The van der Waals surface area contributed by atoms with Gasteiger partial charge in [-0.1, -0.05) is 30.3 Å². The number of nitrogens with zero attached hydrogens (tertiary/aromatic N) is 4. The summed E-state index contributed by atoms with van der Waals surface area (Å²) in [6, 6.07) is 23.7. The minimum atomic E-state index is -0.192. The molecule has 6 nitrogen and oxygen atoms in total. The molecule has 0 atom stereocenters. The van der Waals surface area contributed by atoms with Crippen molar-refractivity contribution in [3.8, 4) is 5.69 Å². The van der Waals surface area contributed by atoms with Crippen LogP contribution in [-0.4, -0.2) is 20.4 Å². The molecule has 1 amide bonds. The first kappa shape index (κ1) is 20.8. The van der Waals surface area contributed by atoms with Gasteiger partial charge in [-0.3, -0.25) is 19.1 Å². The number of benzene rings is 3. The van der Waals surface area contributed by atoms with E-state index >= 15 is 0 Å². The van der Waals surface area contributed by atoms with Crippen molar-refractivity contribution < 1.29 is 4.79 Å². The number of rotatable bonds is 4. The molecule has 2 aromatic heterocycles. The first-order valence-corrected chi connectivity index (χ1v) is 11.3. The van der Waals surface area contributed by atoms with Gasteiger partial charge in [-0.2, -0.15) is 0 Å². The number of carbonyl (C=O) groups excluding carboxylic acids is 1. The smallest absolute Gasteiger partial charge is 0.265 e. The molecular formula is C26H20N4O2S. The fraction of sp³-hybridized carbons (Fsp3) is 0.0769. The number of amides is 1. The molecule has 0 unspecified atom stereocenters. The molecule has 0 N–H and O–H groups in total. The van der Waals surface area contributed by atoms with Gasteiger partial charge in [-0.25, -0.2) is 9.97 Å². The number of carbonyl (C=O) groups is 1. The highest BCUT2D eigenvalue weighted by atomic mass is 32.1. The Kier molecular flexibility index (Phi) is 5.32. The van der Waals surface area contributed by atoms with Crippen LogP contribution < -0.4 is 10.5 Å². The summed E-state index contributed by atoms with van der Waals surface area (Å²) in [6.45, 7) is 3.70. The van der Waals surface area contributed by atoms with Gasteiger partial charge in [0.15, 0.2) is 5.13 Å². The number of para-hydroxylation sites is 2. The first-order chi connectivity index (χ1) is 16.0. The van der Waals surface area contributed by atoms with Gasteiger partial charge >= 0.3 is 0 Å². The fourth-order valence-electron chi connectivity index (χ4n) is 3.77. The fourth-order valence-corrected chi connectivity index (χ4v) is 4.58. The molecule has 33 heavy (non-hydrogen) atoms. The Labute approximate surface area is 194 Å². The lowest BCUT2D eigenvalue weighted by molar-refractivity contribution is 0.0999. The van der Waals surface area contributed by atoms with Crippen LogP contribution in [0.4, 0.5) is 10.8 Å². The minimum Gasteiger partial charge on any atom is -0.268 e. The summed E-state index contributed by atoms with van der Waals surface area (Å²) in [7, 11) is 0. The largest absolute Gasteiger partial charge is 0.268 e. The summed E-state index contributed by atoms with van der Waals surface area (Å²) in [5, 5.41) is 3.08. The van der Waals surface area contributed by atoms with Crippen molar-refractivity contribution in [3.05, 3.63) is 112 Å². The van der Waals surface area contributed by atoms with Crippen molar-refractivity contribution in [2.24, 2.45) is 0 Å². The first-order valence-electron chi connectivity index (χ1n) is 10.4. The van der Waals surface area contributed by atoms with Crippen LogP contribution in [0.5, 0.6) is 0 Å². The number of hydrogen-bond donors (Lipinski definition) is 0. The predicted molar refractivity (Wildman–Crippen MR) is 132 cm³/mol. The summed E-state index contributed by atoms with van der Waals surface area (Å²) in [4.78, 5) is 37.3. The van der Waals surface area contributed by atoms with Gasteiger partial charge in [0.05, 0.1) is 28.0 Å². The molecule has 162 valence electrons. The molecule has 0 saturated heterocycles. The zero-order valence-electron chi connectivity index (χ0n) is 18.1. The second-order valence-electron chi connectivity index (χ2n) is 7.61. The van der Waals surface area contributed by atoms with Crippen molar-refractivity contribution in [2.75, 3.05) is 4.90 Å². The van der Waals surface area contributed by atoms with Crippen LogP contribution in [0.2, 0.25) is 0 Å². The van der Waals surface area contributed by atoms with E-state index < -0.39 is 0 Å². The molecule has 5 rings (SSSR count). The molecule has 5 aromatic rings. The Morgan fingerprint density at radius 3 is 2.27 bits per heavy atom. The van der Waals surface area contributed by atoms with E-state index in [4.69, 9.17) is 0 Å². The third-order valence-electron chi connectivity index (χ3n) is 5.33. The second-order valence-corrected chi connectivity index (χ2v) is 8.45. The summed E-state index contributed by atoms with van der Waals surface area (Å²) >= 11 is 1.42. The number of fused-ring (bicyclic) bond motifs is 1. The van der Waals surface area contributed by atoms with Crippen molar-refractivity contribution in [3.63, 3.8) is 0 Å². The van der Waals surface area contributed by atoms with Gasteiger partial charge in [-0.15, -0.1) is 11.3 Å². The van der Waals surface area contributed by atoms with Crippen LogP contribution in [0.1, 0.15) is 21.9 Å². The average Bonchev–Trinajstić information content (AvgIpc) is 3.26. The molecule has 3 aromatic carbocycles. The maximum absolute atomic E-state index is 13.5. The van der Waals surface area contributed by atoms with E-state index in [0.29, 0.717) is 33.1 Å². The van der Waals surface area contributed by atoms with Crippen LogP contribution in [-0.2, 0) is 0 Å². The van der Waals surface area contributed by atoms with Crippen LogP contribution in [0.3, 0.4) is 0 Å². The number of aryl methyl sites for hydroxylation is 2. The van der Waals surface area contributed by atoms with E-state index in [1.165, 1.54) is 11.3 Å². The Morgan fingerprint density at radius 2 is 1.58 bits per heavy atom. The number of anilines is 2. The van der Waals surface area contributed by atoms with Crippen molar-refractivity contribution in [1.82, 2.24) is 14.5 Å². The number of thiazole rings is 1. The Balaban J connectivity index is 1.55. The highest BCUT2D eigenvalue weighted by Crippen LogP contribution is 2.30. The highest BCUT2D eigenvalue weighted by Gasteiger charge is 2.22. The Hall–Kier alpha value is -4.10. The summed E-state index contributed by atoms with van der Waals surface area (Å²) in [5.41, 5.74) is 3.28. The van der Waals surface area contributed by atoms with Crippen LogP contribution in [0.15, 0.2) is 89.0 Å². The standard InChI is InChI=1S/C26H20N4O2S/c1-17-16-33-26(27-17)30(20-8-4-3-5-9-20)24(31)19-12-14-21(15-13-19)29-18(2)28-23-11-7-6-10-22(23)25(29)32/h3-16H,1-2H3. The molecule has 7 heteroatoms. The average molecular weight is 453 g/mol. The van der Waals surface area contributed by atoms with Crippen LogP contribution in [0, 0.1) is 13.8 Å². The highest BCUT2D eigenvalue weighted by molar-refractivity contribution is 7.14. The van der Waals surface area contributed by atoms with Crippen molar-refractivity contribution in [1.29, 1.82) is 0 Å². The summed E-state index contributed by atoms with van der Waals surface area (Å²) < 4.78 is 1.57. The van der Waals surface area contributed by atoms with Crippen molar-refractivity contribution >= 4 is 39.0 Å². The Bertz CT molecular complexity index is 1520. The lowest BCUT2D eigenvalue weighted by atomic mass is 10.1. The monoisotopic (exact) mass is 452 g/mol. The van der Waals surface area contributed by atoms with Gasteiger partial charge in [0.25, 0.3) is 11.5 Å². The molecule has 0 bridgehead atoms. The van der Waals surface area contributed by atoms with Gasteiger partial charge in [0, 0.05) is 10.9 Å². The predicted octanol–water partition coefficient (Wildman–Crippen LogP) is 5.44.